The van der Waals surface area contributed by atoms with Gasteiger partial charge in [0.15, 0.2) is 0 Å². The number of carbonyl (C=O) groups is 2. The topological polar surface area (TPSA) is 77.5 Å². The number of rotatable bonds is 6. The van der Waals surface area contributed by atoms with Crippen LogP contribution in [0.3, 0.4) is 0 Å². The van der Waals surface area contributed by atoms with Crippen LogP contribution in [0.5, 0.6) is 5.75 Å². The van der Waals surface area contributed by atoms with Gasteiger partial charge in [0.05, 0.1) is 17.8 Å². The molecule has 1 aromatic heterocycles. The lowest BCUT2D eigenvalue weighted by Crippen LogP contribution is -2.25. The molecule has 144 valence electrons. The maximum atomic E-state index is 12.9. The number of anilines is 1. The number of nitrogens with one attached hydrogen (secondary N) is 1. The van der Waals surface area contributed by atoms with Gasteiger partial charge in [-0.2, -0.15) is 0 Å². The monoisotopic (exact) mass is 396 g/mol. The molecular weight excluding hydrogens is 376 g/mol. The third-order valence-electron chi connectivity index (χ3n) is 4.01. The summed E-state index contributed by atoms with van der Waals surface area (Å²) in [6, 6.07) is 15.8. The van der Waals surface area contributed by atoms with Crippen molar-refractivity contribution in [2.45, 2.75) is 20.0 Å². The summed E-state index contributed by atoms with van der Waals surface area (Å²) in [6.45, 7) is 3.56. The minimum Gasteiger partial charge on any atom is -0.497 e. The highest BCUT2D eigenvalue weighted by Crippen LogP contribution is 2.25. The van der Waals surface area contributed by atoms with E-state index in [9.17, 15) is 9.59 Å². The van der Waals surface area contributed by atoms with Crippen LogP contribution in [0.15, 0.2) is 54.6 Å². The molecule has 0 aliphatic heterocycles. The second-order valence-electron chi connectivity index (χ2n) is 6.06. The molecule has 6 nitrogen and oxygen atoms in total. The van der Waals surface area contributed by atoms with Gasteiger partial charge in [-0.05, 0) is 38.1 Å². The summed E-state index contributed by atoms with van der Waals surface area (Å²) in [4.78, 5) is 30.2. The van der Waals surface area contributed by atoms with E-state index >= 15 is 0 Å². The minimum atomic E-state index is -1.09. The van der Waals surface area contributed by atoms with Crippen molar-refractivity contribution in [3.63, 3.8) is 0 Å². The molecule has 0 aliphatic carbocycles. The molecule has 1 amide bonds. The molecule has 2 aromatic carbocycles. The van der Waals surface area contributed by atoms with Crippen LogP contribution in [-0.2, 0) is 9.53 Å². The third kappa shape index (κ3) is 4.55. The smallest absolute Gasteiger partial charge is 0.351 e. The molecule has 1 atom stereocenters. The van der Waals surface area contributed by atoms with Crippen molar-refractivity contribution < 1.29 is 19.1 Å². The Morgan fingerprint density at radius 1 is 1.04 bits per heavy atom. The molecular formula is C21H20N2O4S. The Morgan fingerprint density at radius 3 is 2.29 bits per heavy atom. The van der Waals surface area contributed by atoms with E-state index in [1.165, 1.54) is 11.3 Å². The lowest BCUT2D eigenvalue weighted by Gasteiger charge is -2.18. The van der Waals surface area contributed by atoms with Crippen molar-refractivity contribution in [2.75, 3.05) is 12.4 Å². The van der Waals surface area contributed by atoms with E-state index in [2.05, 4.69) is 10.3 Å². The van der Waals surface area contributed by atoms with Gasteiger partial charge in [0.1, 0.15) is 10.6 Å². The minimum absolute atomic E-state index is 0.399. The van der Waals surface area contributed by atoms with Crippen molar-refractivity contribution >= 4 is 28.9 Å². The summed E-state index contributed by atoms with van der Waals surface area (Å²) < 4.78 is 10.7. The molecule has 0 bridgehead atoms. The van der Waals surface area contributed by atoms with Crippen LogP contribution >= 0.6 is 11.3 Å². The Bertz CT molecular complexity index is 968. The predicted octanol–water partition coefficient (Wildman–Crippen LogP) is 4.31. The van der Waals surface area contributed by atoms with E-state index in [0.29, 0.717) is 27.6 Å². The number of ether oxygens (including phenoxy) is 2. The summed E-state index contributed by atoms with van der Waals surface area (Å²) in [5.41, 5.74) is 1.75. The maximum absolute atomic E-state index is 12.9. The first-order valence-corrected chi connectivity index (χ1v) is 9.44. The Balaban J connectivity index is 1.83. The second kappa shape index (κ2) is 8.67. The lowest BCUT2D eigenvalue weighted by atomic mass is 10.1. The van der Waals surface area contributed by atoms with Gasteiger partial charge in [0, 0.05) is 11.3 Å². The normalized spacial score (nSPS) is 11.5. The zero-order valence-corrected chi connectivity index (χ0v) is 16.6. The van der Waals surface area contributed by atoms with E-state index in [1.54, 1.807) is 62.6 Å². The van der Waals surface area contributed by atoms with Crippen LogP contribution in [0, 0.1) is 13.8 Å². The first kappa shape index (κ1) is 19.6. The summed E-state index contributed by atoms with van der Waals surface area (Å²) in [5, 5.41) is 3.55. The van der Waals surface area contributed by atoms with Crippen molar-refractivity contribution in [1.82, 2.24) is 4.98 Å². The molecule has 7 heteroatoms. The number of carbonyl (C=O) groups excluding carboxylic acids is 2. The van der Waals surface area contributed by atoms with Gasteiger partial charge in [-0.15, -0.1) is 11.3 Å². The molecule has 1 N–H and O–H groups in total. The number of thiazole rings is 1. The van der Waals surface area contributed by atoms with E-state index in [1.807, 2.05) is 13.0 Å². The van der Waals surface area contributed by atoms with Gasteiger partial charge in [-0.3, -0.25) is 4.79 Å². The Hall–Kier alpha value is -3.19. The average molecular weight is 396 g/mol. The van der Waals surface area contributed by atoms with Crippen LogP contribution < -0.4 is 10.1 Å². The van der Waals surface area contributed by atoms with Gasteiger partial charge in [-0.25, -0.2) is 9.78 Å². The molecule has 0 spiro atoms. The maximum Gasteiger partial charge on any atom is 0.351 e. The number of esters is 1. The number of aryl methyl sites for hydroxylation is 2. The SMILES string of the molecule is COc1ccc(NC(=O)C(OC(=O)c2sc(C)nc2C)c2ccccc2)cc1. The van der Waals surface area contributed by atoms with Gasteiger partial charge < -0.3 is 14.8 Å². The number of nitrogens with zero attached hydrogens (tertiary/aromatic N) is 1. The van der Waals surface area contributed by atoms with Crippen LogP contribution in [-0.4, -0.2) is 24.0 Å². The Morgan fingerprint density at radius 2 is 1.71 bits per heavy atom. The fourth-order valence-corrected chi connectivity index (χ4v) is 3.47. The van der Waals surface area contributed by atoms with Gasteiger partial charge in [0.25, 0.3) is 5.91 Å². The standard InChI is InChI=1S/C21H20N2O4S/c1-13-19(28-14(2)22-13)21(25)27-18(15-7-5-4-6-8-15)20(24)23-16-9-11-17(26-3)12-10-16/h4-12,18H,1-3H3,(H,23,24). The van der Waals surface area contributed by atoms with Crippen molar-refractivity contribution in [2.24, 2.45) is 0 Å². The number of amides is 1. The van der Waals surface area contributed by atoms with Crippen molar-refractivity contribution in [1.29, 1.82) is 0 Å². The van der Waals surface area contributed by atoms with Gasteiger partial charge in [0.2, 0.25) is 6.10 Å². The number of methoxy groups -OCH3 is 1. The van der Waals surface area contributed by atoms with Crippen LogP contribution in [0.25, 0.3) is 0 Å². The number of hydrogen-bond donors (Lipinski definition) is 1. The fraction of sp³-hybridized carbons (Fsp3) is 0.190. The molecule has 0 aliphatic rings. The molecule has 1 unspecified atom stereocenters. The fourth-order valence-electron chi connectivity index (χ4n) is 2.66. The number of benzene rings is 2. The first-order valence-electron chi connectivity index (χ1n) is 8.63. The highest BCUT2D eigenvalue weighted by molar-refractivity contribution is 7.13. The van der Waals surface area contributed by atoms with Crippen molar-refractivity contribution in [3.05, 3.63) is 75.7 Å². The summed E-state index contributed by atoms with van der Waals surface area (Å²) in [5.74, 6) is -0.328. The van der Waals surface area contributed by atoms with E-state index < -0.39 is 18.0 Å². The summed E-state index contributed by atoms with van der Waals surface area (Å²) >= 11 is 1.25. The van der Waals surface area contributed by atoms with Crippen LogP contribution in [0.2, 0.25) is 0 Å². The molecule has 0 radical (unpaired) electrons. The van der Waals surface area contributed by atoms with Crippen LogP contribution in [0.4, 0.5) is 5.69 Å². The number of hydrogen-bond acceptors (Lipinski definition) is 6. The second-order valence-corrected chi connectivity index (χ2v) is 7.26. The van der Waals surface area contributed by atoms with E-state index in [0.717, 1.165) is 5.01 Å². The largest absolute Gasteiger partial charge is 0.497 e. The highest BCUT2D eigenvalue weighted by Gasteiger charge is 2.27. The molecule has 3 rings (SSSR count). The quantitative estimate of drug-likeness (QED) is 0.629. The molecule has 0 fully saturated rings. The molecule has 0 saturated heterocycles. The zero-order valence-electron chi connectivity index (χ0n) is 15.8. The highest BCUT2D eigenvalue weighted by atomic mass is 32.1. The van der Waals surface area contributed by atoms with Gasteiger partial charge >= 0.3 is 5.97 Å². The van der Waals surface area contributed by atoms with Crippen molar-refractivity contribution in [3.8, 4) is 5.75 Å². The molecule has 3 aromatic rings. The van der Waals surface area contributed by atoms with Gasteiger partial charge in [-0.1, -0.05) is 30.3 Å². The van der Waals surface area contributed by atoms with E-state index in [-0.39, 0.29) is 0 Å². The summed E-state index contributed by atoms with van der Waals surface area (Å²) in [6.07, 6.45) is -1.09. The average Bonchev–Trinajstić information content (AvgIpc) is 3.05. The zero-order chi connectivity index (χ0) is 20.1. The van der Waals surface area contributed by atoms with E-state index in [4.69, 9.17) is 9.47 Å². The number of aromatic nitrogens is 1. The summed E-state index contributed by atoms with van der Waals surface area (Å²) in [7, 11) is 1.57. The Labute approximate surface area is 167 Å². The molecule has 1 heterocycles. The predicted molar refractivity (Wildman–Crippen MR) is 108 cm³/mol. The first-order chi connectivity index (χ1) is 13.5. The molecule has 0 saturated carbocycles. The Kier molecular flexibility index (Phi) is 6.06. The van der Waals surface area contributed by atoms with Crippen LogP contribution in [0.1, 0.15) is 32.0 Å². The third-order valence-corrected chi connectivity index (χ3v) is 5.06. The molecule has 28 heavy (non-hydrogen) atoms. The lowest BCUT2D eigenvalue weighted by molar-refractivity contribution is -0.125.